The number of guanidine groups is 1. The molecule has 0 saturated carbocycles. The lowest BCUT2D eigenvalue weighted by Crippen LogP contribution is -2.39. The van der Waals surface area contributed by atoms with E-state index in [4.69, 9.17) is 4.74 Å². The number of amides is 1. The molecule has 0 fully saturated rings. The zero-order valence-corrected chi connectivity index (χ0v) is 18.1. The molecule has 8 heteroatoms. The lowest BCUT2D eigenvalue weighted by atomic mass is 10.3. The van der Waals surface area contributed by atoms with Gasteiger partial charge in [0.05, 0.1) is 13.1 Å². The molecule has 0 heterocycles. The molecule has 1 aromatic carbocycles. The van der Waals surface area contributed by atoms with E-state index < -0.39 is 0 Å². The molecule has 0 unspecified atom stereocenters. The van der Waals surface area contributed by atoms with Crippen molar-refractivity contribution in [2.45, 2.75) is 27.2 Å². The fourth-order valence-corrected chi connectivity index (χ4v) is 2.23. The summed E-state index contributed by atoms with van der Waals surface area (Å²) in [5, 5.41) is 6.25. The average molecular weight is 480 g/mol. The maximum Gasteiger partial charge on any atom is 0.224 e. The highest BCUT2D eigenvalue weighted by molar-refractivity contribution is 14.0. The molecule has 0 atom stereocenters. The number of carbonyl (C=O) groups excluding carboxylic acids is 1. The lowest BCUT2D eigenvalue weighted by molar-refractivity contribution is -0.130. The molecule has 0 aliphatic carbocycles. The van der Waals surface area contributed by atoms with Crippen LogP contribution in [-0.2, 0) is 4.79 Å². The molecule has 0 saturated heterocycles. The second kappa shape index (κ2) is 14.6. The summed E-state index contributed by atoms with van der Waals surface area (Å²) in [5.74, 6) is 0.920. The summed E-state index contributed by atoms with van der Waals surface area (Å²) >= 11 is 0. The molecule has 0 aliphatic heterocycles. The summed E-state index contributed by atoms with van der Waals surface area (Å²) in [6, 6.07) is 6.04. The van der Waals surface area contributed by atoms with Crippen LogP contribution in [0.15, 0.2) is 29.3 Å². The van der Waals surface area contributed by atoms with Crippen LogP contribution in [0, 0.1) is 5.82 Å². The standard InChI is InChI=1S/C18H29FN4O2.HI/c1-4-20-18(21-11-10-17(24)23(5-2)6-3)22-12-13-25-16-9-7-8-15(19)14-16;/h7-9,14H,4-6,10-13H2,1-3H3,(H2,20,21,22);1H. The van der Waals surface area contributed by atoms with E-state index in [-0.39, 0.29) is 35.7 Å². The Kier molecular flexibility index (Phi) is 13.7. The van der Waals surface area contributed by atoms with Crippen molar-refractivity contribution in [3.05, 3.63) is 30.1 Å². The summed E-state index contributed by atoms with van der Waals surface area (Å²) in [5.41, 5.74) is 0. The second-order valence-corrected chi connectivity index (χ2v) is 5.31. The maximum atomic E-state index is 13.1. The molecule has 2 N–H and O–H groups in total. The van der Waals surface area contributed by atoms with E-state index in [1.54, 1.807) is 17.0 Å². The normalized spacial score (nSPS) is 10.7. The van der Waals surface area contributed by atoms with Crippen LogP contribution >= 0.6 is 24.0 Å². The molecule has 0 aromatic heterocycles. The predicted molar refractivity (Wildman–Crippen MR) is 114 cm³/mol. The molecule has 1 aromatic rings. The highest BCUT2D eigenvalue weighted by Gasteiger charge is 2.08. The minimum Gasteiger partial charge on any atom is -0.492 e. The van der Waals surface area contributed by atoms with Gasteiger partial charge in [0, 0.05) is 32.1 Å². The van der Waals surface area contributed by atoms with E-state index >= 15 is 0 Å². The molecular formula is C18H30FIN4O2. The van der Waals surface area contributed by atoms with E-state index in [0.717, 1.165) is 19.6 Å². The SMILES string of the molecule is CCNC(=NCCC(=O)N(CC)CC)NCCOc1cccc(F)c1.I. The molecule has 0 spiro atoms. The van der Waals surface area contributed by atoms with Gasteiger partial charge in [0.25, 0.3) is 0 Å². The lowest BCUT2D eigenvalue weighted by Gasteiger charge is -2.18. The number of nitrogens with zero attached hydrogens (tertiary/aromatic N) is 2. The quantitative estimate of drug-likeness (QED) is 0.234. The molecule has 1 rings (SSSR count). The third-order valence-corrected chi connectivity index (χ3v) is 3.52. The van der Waals surface area contributed by atoms with Crippen LogP contribution < -0.4 is 15.4 Å². The van der Waals surface area contributed by atoms with Crippen molar-refractivity contribution in [3.63, 3.8) is 0 Å². The van der Waals surface area contributed by atoms with Crippen LogP contribution in [0.1, 0.15) is 27.2 Å². The Labute approximate surface area is 172 Å². The fourth-order valence-electron chi connectivity index (χ4n) is 2.23. The third kappa shape index (κ3) is 9.79. The van der Waals surface area contributed by atoms with Crippen molar-refractivity contribution in [1.82, 2.24) is 15.5 Å². The third-order valence-electron chi connectivity index (χ3n) is 3.52. The summed E-state index contributed by atoms with van der Waals surface area (Å²) in [7, 11) is 0. The van der Waals surface area contributed by atoms with Gasteiger partial charge in [-0.1, -0.05) is 6.07 Å². The van der Waals surface area contributed by atoms with Gasteiger partial charge >= 0.3 is 0 Å². The van der Waals surface area contributed by atoms with Gasteiger partial charge in [0.15, 0.2) is 5.96 Å². The maximum absolute atomic E-state index is 13.1. The van der Waals surface area contributed by atoms with Crippen molar-refractivity contribution in [3.8, 4) is 5.75 Å². The Balaban J connectivity index is 0.00000625. The first-order chi connectivity index (χ1) is 12.1. The van der Waals surface area contributed by atoms with Crippen molar-refractivity contribution in [2.75, 3.05) is 39.3 Å². The van der Waals surface area contributed by atoms with Gasteiger partial charge in [0.2, 0.25) is 5.91 Å². The Morgan fingerprint density at radius 1 is 1.23 bits per heavy atom. The molecule has 26 heavy (non-hydrogen) atoms. The zero-order valence-electron chi connectivity index (χ0n) is 15.8. The Bertz CT molecular complexity index is 554. The average Bonchev–Trinajstić information content (AvgIpc) is 2.60. The minimum atomic E-state index is -0.321. The highest BCUT2D eigenvalue weighted by Crippen LogP contribution is 2.11. The predicted octanol–water partition coefficient (Wildman–Crippen LogP) is 2.64. The number of halogens is 2. The van der Waals surface area contributed by atoms with Crippen molar-refractivity contribution < 1.29 is 13.9 Å². The van der Waals surface area contributed by atoms with E-state index in [1.807, 2.05) is 20.8 Å². The van der Waals surface area contributed by atoms with E-state index in [9.17, 15) is 9.18 Å². The van der Waals surface area contributed by atoms with Gasteiger partial charge in [0.1, 0.15) is 18.2 Å². The molecule has 0 bridgehead atoms. The van der Waals surface area contributed by atoms with Gasteiger partial charge < -0.3 is 20.3 Å². The smallest absolute Gasteiger partial charge is 0.224 e. The van der Waals surface area contributed by atoms with Crippen LogP contribution in [0.25, 0.3) is 0 Å². The fraction of sp³-hybridized carbons (Fsp3) is 0.556. The molecule has 1 amide bonds. The molecule has 6 nitrogen and oxygen atoms in total. The first kappa shape index (κ1) is 24.4. The number of aliphatic imine (C=N–C) groups is 1. The monoisotopic (exact) mass is 480 g/mol. The number of nitrogens with one attached hydrogen (secondary N) is 2. The summed E-state index contributed by atoms with van der Waals surface area (Å²) in [6.45, 7) is 9.39. The topological polar surface area (TPSA) is 66.0 Å². The summed E-state index contributed by atoms with van der Waals surface area (Å²) in [6.07, 6.45) is 0.387. The Hall–Kier alpha value is -1.58. The van der Waals surface area contributed by atoms with Crippen LogP contribution in [0.5, 0.6) is 5.75 Å². The molecular weight excluding hydrogens is 450 g/mol. The number of benzene rings is 1. The van der Waals surface area contributed by atoms with Crippen molar-refractivity contribution in [2.24, 2.45) is 4.99 Å². The molecule has 148 valence electrons. The van der Waals surface area contributed by atoms with E-state index in [2.05, 4.69) is 15.6 Å². The number of ether oxygens (including phenoxy) is 1. The number of rotatable bonds is 10. The largest absolute Gasteiger partial charge is 0.492 e. The van der Waals surface area contributed by atoms with Crippen LogP contribution in [-0.4, -0.2) is 56.1 Å². The van der Waals surface area contributed by atoms with Gasteiger partial charge in [-0.25, -0.2) is 4.39 Å². The van der Waals surface area contributed by atoms with Crippen LogP contribution in [0.2, 0.25) is 0 Å². The number of hydrogen-bond donors (Lipinski definition) is 2. The van der Waals surface area contributed by atoms with Gasteiger partial charge in [-0.2, -0.15) is 0 Å². The summed E-state index contributed by atoms with van der Waals surface area (Å²) in [4.78, 5) is 18.1. The number of carbonyl (C=O) groups is 1. The molecule has 0 aliphatic rings. The first-order valence-electron chi connectivity index (χ1n) is 8.79. The van der Waals surface area contributed by atoms with Crippen molar-refractivity contribution in [1.29, 1.82) is 0 Å². The van der Waals surface area contributed by atoms with Crippen LogP contribution in [0.4, 0.5) is 4.39 Å². The van der Waals surface area contributed by atoms with Crippen LogP contribution in [0.3, 0.4) is 0 Å². The first-order valence-corrected chi connectivity index (χ1v) is 8.79. The van der Waals surface area contributed by atoms with E-state index in [1.165, 1.54) is 12.1 Å². The highest BCUT2D eigenvalue weighted by atomic mass is 127. The summed E-state index contributed by atoms with van der Waals surface area (Å²) < 4.78 is 18.5. The minimum absolute atomic E-state index is 0. The van der Waals surface area contributed by atoms with E-state index in [0.29, 0.717) is 37.8 Å². The Morgan fingerprint density at radius 2 is 1.96 bits per heavy atom. The van der Waals surface area contributed by atoms with Gasteiger partial charge in [-0.15, -0.1) is 24.0 Å². The van der Waals surface area contributed by atoms with Gasteiger partial charge in [-0.05, 0) is 32.9 Å². The second-order valence-electron chi connectivity index (χ2n) is 5.31. The van der Waals surface area contributed by atoms with Crippen molar-refractivity contribution >= 4 is 35.8 Å². The zero-order chi connectivity index (χ0) is 18.5. The Morgan fingerprint density at radius 3 is 2.58 bits per heavy atom. The van der Waals surface area contributed by atoms with Gasteiger partial charge in [-0.3, -0.25) is 9.79 Å². The number of hydrogen-bond acceptors (Lipinski definition) is 3. The molecule has 0 radical (unpaired) electrons.